The SMILES string of the molecule is Cc1cc(F)ccc1C(=O)Nc1nc(CCl)cs1. The third kappa shape index (κ3) is 2.86. The highest BCUT2D eigenvalue weighted by atomic mass is 35.5. The fraction of sp³-hybridized carbons (Fsp3) is 0.167. The summed E-state index contributed by atoms with van der Waals surface area (Å²) in [6.45, 7) is 1.68. The van der Waals surface area contributed by atoms with Gasteiger partial charge in [0.2, 0.25) is 0 Å². The Morgan fingerprint density at radius 1 is 1.56 bits per heavy atom. The zero-order valence-electron chi connectivity index (χ0n) is 9.54. The van der Waals surface area contributed by atoms with Gasteiger partial charge in [-0.2, -0.15) is 0 Å². The molecular weight excluding hydrogens is 275 g/mol. The summed E-state index contributed by atoms with van der Waals surface area (Å²) in [5.41, 5.74) is 1.73. The van der Waals surface area contributed by atoms with Gasteiger partial charge in [-0.3, -0.25) is 10.1 Å². The number of alkyl halides is 1. The highest BCUT2D eigenvalue weighted by Gasteiger charge is 2.11. The Hall–Kier alpha value is -1.46. The van der Waals surface area contributed by atoms with Gasteiger partial charge >= 0.3 is 0 Å². The van der Waals surface area contributed by atoms with Gasteiger partial charge in [-0.15, -0.1) is 22.9 Å². The Kier molecular flexibility index (Phi) is 3.93. The number of aromatic nitrogens is 1. The number of halogens is 2. The summed E-state index contributed by atoms with van der Waals surface area (Å²) in [5.74, 6) is -0.354. The van der Waals surface area contributed by atoms with Gasteiger partial charge in [0.25, 0.3) is 5.91 Å². The molecule has 0 atom stereocenters. The van der Waals surface area contributed by atoms with Crippen LogP contribution in [0.25, 0.3) is 0 Å². The van der Waals surface area contributed by atoms with Crippen molar-refractivity contribution in [2.45, 2.75) is 12.8 Å². The van der Waals surface area contributed by atoms with E-state index in [1.54, 1.807) is 12.3 Å². The van der Waals surface area contributed by atoms with E-state index in [2.05, 4.69) is 10.3 Å². The first kappa shape index (κ1) is 13.0. The molecule has 0 radical (unpaired) electrons. The van der Waals surface area contributed by atoms with Crippen molar-refractivity contribution in [3.8, 4) is 0 Å². The molecular formula is C12H10ClFN2OS. The molecule has 1 heterocycles. The van der Waals surface area contributed by atoms with Crippen molar-refractivity contribution in [3.63, 3.8) is 0 Å². The zero-order valence-corrected chi connectivity index (χ0v) is 11.1. The van der Waals surface area contributed by atoms with E-state index < -0.39 is 0 Å². The lowest BCUT2D eigenvalue weighted by Crippen LogP contribution is -2.13. The van der Waals surface area contributed by atoms with Gasteiger partial charge in [-0.1, -0.05) is 0 Å². The number of amides is 1. The first-order chi connectivity index (χ1) is 8.60. The maximum atomic E-state index is 12.9. The highest BCUT2D eigenvalue weighted by Crippen LogP contribution is 2.18. The van der Waals surface area contributed by atoms with Crippen LogP contribution in [0.1, 0.15) is 21.6 Å². The third-order valence-electron chi connectivity index (χ3n) is 2.34. The van der Waals surface area contributed by atoms with Crippen molar-refractivity contribution in [3.05, 3.63) is 46.2 Å². The van der Waals surface area contributed by atoms with Crippen LogP contribution < -0.4 is 5.32 Å². The molecule has 6 heteroatoms. The van der Waals surface area contributed by atoms with E-state index in [1.807, 2.05) is 0 Å². The van der Waals surface area contributed by atoms with Gasteiger partial charge in [0, 0.05) is 10.9 Å². The minimum atomic E-state index is -0.359. The lowest BCUT2D eigenvalue weighted by Gasteiger charge is -2.05. The van der Waals surface area contributed by atoms with E-state index in [9.17, 15) is 9.18 Å². The van der Waals surface area contributed by atoms with Crippen LogP contribution in [0.3, 0.4) is 0 Å². The monoisotopic (exact) mass is 284 g/mol. The molecule has 1 aromatic carbocycles. The second-order valence-electron chi connectivity index (χ2n) is 3.69. The Morgan fingerprint density at radius 3 is 2.94 bits per heavy atom. The minimum absolute atomic E-state index is 0.303. The molecule has 0 aliphatic heterocycles. The standard InChI is InChI=1S/C12H10ClFN2OS/c1-7-4-8(14)2-3-10(7)11(17)16-12-15-9(5-13)6-18-12/h2-4,6H,5H2,1H3,(H,15,16,17). The number of anilines is 1. The number of carbonyl (C=O) groups is 1. The minimum Gasteiger partial charge on any atom is -0.298 e. The lowest BCUT2D eigenvalue weighted by atomic mass is 10.1. The molecule has 1 amide bonds. The summed E-state index contributed by atoms with van der Waals surface area (Å²) in [5, 5.41) is 4.92. The normalized spacial score (nSPS) is 10.4. The van der Waals surface area contributed by atoms with Gasteiger partial charge in [-0.05, 0) is 30.7 Å². The number of nitrogens with one attached hydrogen (secondary N) is 1. The molecule has 0 aliphatic rings. The van der Waals surface area contributed by atoms with Crippen LogP contribution in [0.5, 0.6) is 0 Å². The third-order valence-corrected chi connectivity index (χ3v) is 3.42. The van der Waals surface area contributed by atoms with E-state index in [1.165, 1.54) is 29.5 Å². The highest BCUT2D eigenvalue weighted by molar-refractivity contribution is 7.14. The van der Waals surface area contributed by atoms with E-state index in [0.717, 1.165) is 0 Å². The molecule has 0 spiro atoms. The first-order valence-corrected chi connectivity index (χ1v) is 6.59. The number of hydrogen-bond acceptors (Lipinski definition) is 3. The Bertz CT molecular complexity index is 585. The van der Waals surface area contributed by atoms with Gasteiger partial charge < -0.3 is 0 Å². The number of thiazole rings is 1. The quantitative estimate of drug-likeness (QED) is 0.875. The summed E-state index contributed by atoms with van der Waals surface area (Å²) in [6, 6.07) is 4.03. The summed E-state index contributed by atoms with van der Waals surface area (Å²) in [6.07, 6.45) is 0. The molecule has 0 bridgehead atoms. The van der Waals surface area contributed by atoms with E-state index in [-0.39, 0.29) is 11.7 Å². The maximum absolute atomic E-state index is 12.9. The van der Waals surface area contributed by atoms with Crippen LogP contribution in [0, 0.1) is 12.7 Å². The second-order valence-corrected chi connectivity index (χ2v) is 4.82. The summed E-state index contributed by atoms with van der Waals surface area (Å²) < 4.78 is 12.9. The molecule has 94 valence electrons. The average molecular weight is 285 g/mol. The lowest BCUT2D eigenvalue weighted by molar-refractivity contribution is 0.102. The van der Waals surface area contributed by atoms with Crippen molar-refractivity contribution in [2.24, 2.45) is 0 Å². The molecule has 18 heavy (non-hydrogen) atoms. The first-order valence-electron chi connectivity index (χ1n) is 5.18. The van der Waals surface area contributed by atoms with E-state index in [0.29, 0.717) is 27.8 Å². The molecule has 0 aliphatic carbocycles. The van der Waals surface area contributed by atoms with Gasteiger partial charge in [0.05, 0.1) is 11.6 Å². The fourth-order valence-corrected chi connectivity index (χ4v) is 2.41. The molecule has 0 unspecified atom stereocenters. The van der Waals surface area contributed by atoms with Crippen molar-refractivity contribution < 1.29 is 9.18 Å². The van der Waals surface area contributed by atoms with E-state index in [4.69, 9.17) is 11.6 Å². The predicted molar refractivity (Wildman–Crippen MR) is 70.8 cm³/mol. The largest absolute Gasteiger partial charge is 0.298 e. The van der Waals surface area contributed by atoms with Crippen LogP contribution >= 0.6 is 22.9 Å². The topological polar surface area (TPSA) is 42.0 Å². The Labute approximate surface area is 113 Å². The number of benzene rings is 1. The summed E-state index contributed by atoms with van der Waals surface area (Å²) >= 11 is 6.93. The molecule has 0 saturated heterocycles. The predicted octanol–water partition coefficient (Wildman–Crippen LogP) is 3.58. The van der Waals surface area contributed by atoms with Crippen LogP contribution in [-0.2, 0) is 5.88 Å². The van der Waals surface area contributed by atoms with Crippen molar-refractivity contribution in [1.82, 2.24) is 4.98 Å². The molecule has 2 rings (SSSR count). The van der Waals surface area contributed by atoms with Gasteiger partial charge in [0.15, 0.2) is 5.13 Å². The van der Waals surface area contributed by atoms with Gasteiger partial charge in [0.1, 0.15) is 5.82 Å². The smallest absolute Gasteiger partial charge is 0.257 e. The zero-order chi connectivity index (χ0) is 13.1. The van der Waals surface area contributed by atoms with E-state index >= 15 is 0 Å². The molecule has 2 aromatic rings. The van der Waals surface area contributed by atoms with Crippen molar-refractivity contribution >= 4 is 34.0 Å². The molecule has 1 aromatic heterocycles. The summed E-state index contributed by atoms with van der Waals surface area (Å²) in [4.78, 5) is 16.1. The number of rotatable bonds is 3. The Morgan fingerprint density at radius 2 is 2.33 bits per heavy atom. The van der Waals surface area contributed by atoms with Crippen molar-refractivity contribution in [2.75, 3.05) is 5.32 Å². The second kappa shape index (κ2) is 5.46. The summed E-state index contributed by atoms with van der Waals surface area (Å²) in [7, 11) is 0. The number of carbonyl (C=O) groups excluding carboxylic acids is 1. The Balaban J connectivity index is 2.16. The average Bonchev–Trinajstić information content (AvgIpc) is 2.76. The number of hydrogen-bond donors (Lipinski definition) is 1. The van der Waals surface area contributed by atoms with Crippen LogP contribution in [0.4, 0.5) is 9.52 Å². The molecule has 3 nitrogen and oxygen atoms in total. The molecule has 0 saturated carbocycles. The van der Waals surface area contributed by atoms with Crippen LogP contribution in [0.15, 0.2) is 23.6 Å². The molecule has 1 N–H and O–H groups in total. The fourth-order valence-electron chi connectivity index (χ4n) is 1.47. The molecule has 0 fully saturated rings. The van der Waals surface area contributed by atoms with Crippen LogP contribution in [0.2, 0.25) is 0 Å². The van der Waals surface area contributed by atoms with Crippen molar-refractivity contribution in [1.29, 1.82) is 0 Å². The van der Waals surface area contributed by atoms with Gasteiger partial charge in [-0.25, -0.2) is 9.37 Å². The maximum Gasteiger partial charge on any atom is 0.257 e. The van der Waals surface area contributed by atoms with Crippen LogP contribution in [-0.4, -0.2) is 10.9 Å². The number of aryl methyl sites for hydroxylation is 1. The number of nitrogens with zero attached hydrogens (tertiary/aromatic N) is 1.